The van der Waals surface area contributed by atoms with Crippen LogP contribution in [0.3, 0.4) is 0 Å². The molecule has 0 fully saturated rings. The van der Waals surface area contributed by atoms with Crippen LogP contribution in [0.15, 0.2) is 54.6 Å². The number of nitrogens with zero attached hydrogens (tertiary/aromatic N) is 3. The van der Waals surface area contributed by atoms with Crippen molar-refractivity contribution in [1.82, 2.24) is 14.8 Å². The first-order valence-electron chi connectivity index (χ1n) is 6.39. The summed E-state index contributed by atoms with van der Waals surface area (Å²) in [4.78, 5) is 1.66. The number of benzene rings is 2. The molecule has 3 rings (SSSR count). The Labute approximate surface area is 126 Å². The van der Waals surface area contributed by atoms with E-state index in [4.69, 9.17) is 12.2 Å². The second-order valence-corrected chi connectivity index (χ2v) is 4.90. The lowest BCUT2D eigenvalue weighted by Gasteiger charge is -2.19. The van der Waals surface area contributed by atoms with Crippen molar-refractivity contribution in [2.24, 2.45) is 0 Å². The normalized spacial score (nSPS) is 10.6. The van der Waals surface area contributed by atoms with Gasteiger partial charge in [-0.2, -0.15) is 0 Å². The fourth-order valence-electron chi connectivity index (χ4n) is 2.15. The maximum atomic E-state index is 14.0. The Morgan fingerprint density at radius 3 is 2.48 bits per heavy atom. The Hall–Kier alpha value is -2.47. The molecule has 0 aliphatic carbocycles. The zero-order valence-electron chi connectivity index (χ0n) is 11.3. The van der Waals surface area contributed by atoms with Gasteiger partial charge in [-0.15, -0.1) is 5.10 Å². The molecule has 0 saturated heterocycles. The molecule has 3 aromatic rings. The summed E-state index contributed by atoms with van der Waals surface area (Å²) in [6, 6.07) is 16.1. The van der Waals surface area contributed by atoms with Gasteiger partial charge in [0.25, 0.3) is 0 Å². The fourth-order valence-corrected chi connectivity index (χ4v) is 2.39. The second kappa shape index (κ2) is 5.49. The Kier molecular flexibility index (Phi) is 3.53. The monoisotopic (exact) mass is 300 g/mol. The van der Waals surface area contributed by atoms with Crippen LogP contribution in [0, 0.1) is 10.6 Å². The van der Waals surface area contributed by atoms with E-state index in [-0.39, 0.29) is 5.82 Å². The van der Waals surface area contributed by atoms with E-state index in [1.807, 2.05) is 30.3 Å². The summed E-state index contributed by atoms with van der Waals surface area (Å²) in [5.41, 5.74) is 1.30. The lowest BCUT2D eigenvalue weighted by Crippen LogP contribution is -2.16. The molecule has 6 heteroatoms. The molecule has 0 bridgehead atoms. The van der Waals surface area contributed by atoms with Gasteiger partial charge in [-0.05, 0) is 36.5 Å². The number of H-pyrrole nitrogens is 1. The van der Waals surface area contributed by atoms with Gasteiger partial charge in [0.15, 0.2) is 0 Å². The van der Waals surface area contributed by atoms with Crippen LogP contribution >= 0.6 is 12.2 Å². The highest BCUT2D eigenvalue weighted by molar-refractivity contribution is 7.71. The summed E-state index contributed by atoms with van der Waals surface area (Å²) in [5.74, 6) is 0.213. The largest absolute Gasteiger partial charge is 0.311 e. The quantitative estimate of drug-likeness (QED) is 0.747. The Bertz CT molecular complexity index is 810. The van der Waals surface area contributed by atoms with Crippen molar-refractivity contribution < 1.29 is 4.39 Å². The van der Waals surface area contributed by atoms with Crippen molar-refractivity contribution in [2.45, 2.75) is 0 Å². The molecule has 4 nitrogen and oxygen atoms in total. The highest BCUT2D eigenvalue weighted by Crippen LogP contribution is 2.26. The number of hydrogen-bond acceptors (Lipinski definition) is 3. The summed E-state index contributed by atoms with van der Waals surface area (Å²) in [5, 5.41) is 6.97. The van der Waals surface area contributed by atoms with Gasteiger partial charge >= 0.3 is 0 Å². The number of aromatic nitrogens is 3. The van der Waals surface area contributed by atoms with Crippen LogP contribution in [0.5, 0.6) is 0 Å². The molecule has 1 N–H and O–H groups in total. The van der Waals surface area contributed by atoms with Crippen molar-refractivity contribution in [1.29, 1.82) is 0 Å². The first-order valence-corrected chi connectivity index (χ1v) is 6.80. The number of anilines is 2. The molecule has 21 heavy (non-hydrogen) atoms. The Morgan fingerprint density at radius 2 is 1.76 bits per heavy atom. The zero-order chi connectivity index (χ0) is 14.8. The molecule has 0 radical (unpaired) electrons. The SMILES string of the molecule is CN(c1ccccc1F)c1n[nH]c(=S)n1-c1ccccc1. The molecule has 0 aliphatic heterocycles. The molecule has 0 aliphatic rings. The first kappa shape index (κ1) is 13.5. The van der Waals surface area contributed by atoms with Crippen LogP contribution in [-0.4, -0.2) is 21.8 Å². The van der Waals surface area contributed by atoms with Crippen LogP contribution in [0.4, 0.5) is 16.0 Å². The fraction of sp³-hybridized carbons (Fsp3) is 0.0667. The molecule has 2 aromatic carbocycles. The number of para-hydroxylation sites is 2. The number of hydrogen-bond donors (Lipinski definition) is 1. The maximum Gasteiger partial charge on any atom is 0.234 e. The minimum Gasteiger partial charge on any atom is -0.311 e. The van der Waals surface area contributed by atoms with E-state index in [0.717, 1.165) is 5.69 Å². The third kappa shape index (κ3) is 2.45. The zero-order valence-corrected chi connectivity index (χ0v) is 12.1. The van der Waals surface area contributed by atoms with E-state index in [1.165, 1.54) is 6.07 Å². The lowest BCUT2D eigenvalue weighted by atomic mass is 10.3. The molecule has 0 spiro atoms. The van der Waals surface area contributed by atoms with Gasteiger partial charge in [-0.1, -0.05) is 30.3 Å². The van der Waals surface area contributed by atoms with E-state index < -0.39 is 0 Å². The molecular formula is C15H13FN4S. The Morgan fingerprint density at radius 1 is 1.10 bits per heavy atom. The van der Waals surface area contributed by atoms with Crippen LogP contribution < -0.4 is 4.90 Å². The molecule has 0 amide bonds. The van der Waals surface area contributed by atoms with Gasteiger partial charge in [0.1, 0.15) is 5.82 Å². The molecule has 106 valence electrons. The maximum absolute atomic E-state index is 14.0. The predicted octanol–water partition coefficient (Wildman–Crippen LogP) is 3.84. The van der Waals surface area contributed by atoms with E-state index in [9.17, 15) is 4.39 Å². The van der Waals surface area contributed by atoms with Crippen LogP contribution in [0.2, 0.25) is 0 Å². The highest BCUT2D eigenvalue weighted by atomic mass is 32.1. The van der Waals surface area contributed by atoms with Crippen LogP contribution in [0.25, 0.3) is 5.69 Å². The third-order valence-corrected chi connectivity index (χ3v) is 3.46. The summed E-state index contributed by atoms with van der Waals surface area (Å²) >= 11 is 5.28. The summed E-state index contributed by atoms with van der Waals surface area (Å²) in [7, 11) is 1.75. The lowest BCUT2D eigenvalue weighted by molar-refractivity contribution is 0.626. The van der Waals surface area contributed by atoms with E-state index in [1.54, 1.807) is 34.7 Å². The second-order valence-electron chi connectivity index (χ2n) is 4.51. The minimum absolute atomic E-state index is 0.312. The molecule has 1 aromatic heterocycles. The molecule has 0 saturated carbocycles. The number of halogens is 1. The molecule has 0 unspecified atom stereocenters. The molecule has 1 heterocycles. The topological polar surface area (TPSA) is 36.9 Å². The summed E-state index contributed by atoms with van der Waals surface area (Å²) < 4.78 is 16.2. The van der Waals surface area contributed by atoms with E-state index in [2.05, 4.69) is 10.2 Å². The summed E-state index contributed by atoms with van der Waals surface area (Å²) in [6.07, 6.45) is 0. The number of aromatic amines is 1. The predicted molar refractivity (Wildman–Crippen MR) is 83.2 cm³/mol. The van der Waals surface area contributed by atoms with E-state index >= 15 is 0 Å². The van der Waals surface area contributed by atoms with Crippen LogP contribution in [0.1, 0.15) is 0 Å². The third-order valence-electron chi connectivity index (χ3n) is 3.18. The van der Waals surface area contributed by atoms with Gasteiger partial charge in [0.05, 0.1) is 11.4 Å². The van der Waals surface area contributed by atoms with Gasteiger partial charge in [-0.3, -0.25) is 4.57 Å². The standard InChI is InChI=1S/C15H13FN4S/c1-19(13-10-6-5-9-12(13)16)14-17-18-15(21)20(14)11-7-3-2-4-8-11/h2-10H,1H3,(H,18,21). The van der Waals surface area contributed by atoms with Gasteiger partial charge in [-0.25, -0.2) is 9.49 Å². The van der Waals surface area contributed by atoms with Gasteiger partial charge in [0, 0.05) is 7.05 Å². The number of nitrogens with one attached hydrogen (secondary N) is 1. The van der Waals surface area contributed by atoms with Crippen molar-refractivity contribution in [3.8, 4) is 5.69 Å². The van der Waals surface area contributed by atoms with Crippen molar-refractivity contribution in [2.75, 3.05) is 11.9 Å². The van der Waals surface area contributed by atoms with Crippen molar-refractivity contribution >= 4 is 23.9 Å². The minimum atomic E-state index is -0.312. The highest BCUT2D eigenvalue weighted by Gasteiger charge is 2.16. The summed E-state index contributed by atoms with van der Waals surface area (Å²) in [6.45, 7) is 0. The Balaban J connectivity index is 2.13. The van der Waals surface area contributed by atoms with E-state index in [0.29, 0.717) is 16.4 Å². The van der Waals surface area contributed by atoms with Gasteiger partial charge in [0.2, 0.25) is 10.7 Å². The van der Waals surface area contributed by atoms with Crippen molar-refractivity contribution in [3.05, 3.63) is 65.2 Å². The molecular weight excluding hydrogens is 287 g/mol. The van der Waals surface area contributed by atoms with Gasteiger partial charge < -0.3 is 4.90 Å². The van der Waals surface area contributed by atoms with Crippen molar-refractivity contribution in [3.63, 3.8) is 0 Å². The van der Waals surface area contributed by atoms with Crippen LogP contribution in [-0.2, 0) is 0 Å². The number of rotatable bonds is 3. The first-order chi connectivity index (χ1) is 10.2. The average Bonchev–Trinajstić information content (AvgIpc) is 2.90. The smallest absolute Gasteiger partial charge is 0.234 e. The average molecular weight is 300 g/mol. The molecule has 0 atom stereocenters.